The van der Waals surface area contributed by atoms with Gasteiger partial charge in [0.15, 0.2) is 11.4 Å². The Morgan fingerprint density at radius 2 is 1.83 bits per heavy atom. The molecule has 3 heterocycles. The van der Waals surface area contributed by atoms with Crippen LogP contribution in [0.2, 0.25) is 0 Å². The molecule has 1 N–H and O–H groups in total. The molecule has 1 amide bonds. The van der Waals surface area contributed by atoms with E-state index in [0.717, 1.165) is 24.1 Å². The summed E-state index contributed by atoms with van der Waals surface area (Å²) in [4.78, 5) is 26.5. The molecule has 0 saturated carbocycles. The summed E-state index contributed by atoms with van der Waals surface area (Å²) in [6, 6.07) is 9.66. The molecule has 2 atom stereocenters. The minimum atomic E-state index is -4.74. The van der Waals surface area contributed by atoms with E-state index < -0.39 is 53.5 Å². The molecular formula is C24H19F4N3O3S. The highest BCUT2D eigenvalue weighted by Gasteiger charge is 2.47. The van der Waals surface area contributed by atoms with Gasteiger partial charge in [-0.05, 0) is 35.7 Å². The Morgan fingerprint density at radius 1 is 1.09 bits per heavy atom. The zero-order valence-electron chi connectivity index (χ0n) is 18.3. The number of benzene rings is 2. The molecule has 1 aromatic heterocycles. The lowest BCUT2D eigenvalue weighted by Gasteiger charge is -2.46. The summed E-state index contributed by atoms with van der Waals surface area (Å²) < 4.78 is 56.6. The second kappa shape index (κ2) is 8.33. The number of hydrogen-bond acceptors (Lipinski definition) is 5. The minimum Gasteiger partial charge on any atom is -0.502 e. The molecule has 0 aliphatic carbocycles. The van der Waals surface area contributed by atoms with Gasteiger partial charge in [0.05, 0.1) is 6.04 Å². The standard InChI is InChI=1S/C24H19F4N3O3S/c1-13(24(26,27)28)29-12-31(30-9-8-18(32)22(33)21(30)23(29)34)20-16-5-3-2-4-14(16)11-35-19-10-15(25)6-7-17(19)20/h2-10,13,20,33H,11-12H2,1H3/t13-,20-/m0/s1. The van der Waals surface area contributed by atoms with Gasteiger partial charge in [-0.25, -0.2) is 4.39 Å². The number of carbonyl (C=O) groups is 1. The van der Waals surface area contributed by atoms with Crippen molar-refractivity contribution in [1.82, 2.24) is 9.58 Å². The molecule has 5 rings (SSSR count). The van der Waals surface area contributed by atoms with Gasteiger partial charge in [0, 0.05) is 22.9 Å². The molecule has 0 spiro atoms. The Morgan fingerprint density at radius 3 is 2.57 bits per heavy atom. The second-order valence-electron chi connectivity index (χ2n) is 8.37. The Kier molecular flexibility index (Phi) is 5.54. The largest absolute Gasteiger partial charge is 0.502 e. The first-order valence-electron chi connectivity index (χ1n) is 10.7. The van der Waals surface area contributed by atoms with Gasteiger partial charge in [0.1, 0.15) is 18.5 Å². The average molecular weight is 505 g/mol. The molecule has 6 nitrogen and oxygen atoms in total. The van der Waals surface area contributed by atoms with Crippen molar-refractivity contribution in [3.63, 3.8) is 0 Å². The number of rotatable bonds is 2. The van der Waals surface area contributed by atoms with E-state index in [0.29, 0.717) is 21.1 Å². The van der Waals surface area contributed by atoms with Gasteiger partial charge in [-0.1, -0.05) is 30.3 Å². The lowest BCUT2D eigenvalue weighted by Crippen LogP contribution is -2.60. The van der Waals surface area contributed by atoms with Gasteiger partial charge in [-0.15, -0.1) is 11.8 Å². The number of carbonyl (C=O) groups excluding carboxylic acids is 1. The Labute approximate surface area is 201 Å². The molecule has 2 aliphatic rings. The molecule has 182 valence electrons. The molecule has 0 unspecified atom stereocenters. The van der Waals surface area contributed by atoms with Gasteiger partial charge in [-0.3, -0.25) is 19.3 Å². The van der Waals surface area contributed by atoms with Crippen LogP contribution in [0.5, 0.6) is 5.75 Å². The van der Waals surface area contributed by atoms with Gasteiger partial charge >= 0.3 is 6.18 Å². The van der Waals surface area contributed by atoms with Gasteiger partial charge in [-0.2, -0.15) is 13.2 Å². The normalized spacial score (nSPS) is 18.4. The fourth-order valence-corrected chi connectivity index (χ4v) is 5.59. The fourth-order valence-electron chi connectivity index (χ4n) is 4.47. The number of amides is 1. The SMILES string of the molecule is C[C@H](N1CN([C@H]2c3ccccc3CSc3cc(F)ccc32)n2ccc(=O)c(O)c2C1=O)C(F)(F)F. The predicted octanol–water partition coefficient (Wildman–Crippen LogP) is 4.39. The number of pyridine rings is 1. The van der Waals surface area contributed by atoms with E-state index in [1.54, 1.807) is 12.1 Å². The van der Waals surface area contributed by atoms with Crippen LogP contribution in [-0.4, -0.2) is 39.5 Å². The molecule has 11 heteroatoms. The minimum absolute atomic E-state index is 0.455. The zero-order chi connectivity index (χ0) is 25.1. The van der Waals surface area contributed by atoms with Crippen LogP contribution >= 0.6 is 11.8 Å². The molecule has 0 fully saturated rings. The maximum absolute atomic E-state index is 14.1. The summed E-state index contributed by atoms with van der Waals surface area (Å²) in [5.41, 5.74) is 0.824. The van der Waals surface area contributed by atoms with Crippen molar-refractivity contribution in [2.45, 2.75) is 35.8 Å². The fraction of sp³-hybridized carbons (Fsp3) is 0.250. The van der Waals surface area contributed by atoms with Crippen LogP contribution in [0.25, 0.3) is 0 Å². The monoisotopic (exact) mass is 505 g/mol. The van der Waals surface area contributed by atoms with Gasteiger partial charge in [0.25, 0.3) is 5.91 Å². The summed E-state index contributed by atoms with van der Waals surface area (Å²) in [6.07, 6.45) is -3.48. The van der Waals surface area contributed by atoms with Crippen molar-refractivity contribution in [1.29, 1.82) is 0 Å². The summed E-state index contributed by atoms with van der Waals surface area (Å²) in [6.45, 7) is 0.360. The molecule has 3 aromatic rings. The quantitative estimate of drug-likeness (QED) is 0.524. The maximum Gasteiger partial charge on any atom is 0.408 e. The third kappa shape index (κ3) is 3.83. The van der Waals surface area contributed by atoms with E-state index in [9.17, 15) is 32.3 Å². The topological polar surface area (TPSA) is 65.8 Å². The van der Waals surface area contributed by atoms with E-state index >= 15 is 0 Å². The van der Waals surface area contributed by atoms with Crippen LogP contribution in [0.15, 0.2) is 64.4 Å². The smallest absolute Gasteiger partial charge is 0.408 e. The molecular weight excluding hydrogens is 486 g/mol. The first-order valence-corrected chi connectivity index (χ1v) is 11.7. The van der Waals surface area contributed by atoms with E-state index in [2.05, 4.69) is 0 Å². The Balaban J connectivity index is 1.78. The Bertz CT molecular complexity index is 1390. The van der Waals surface area contributed by atoms with E-state index in [1.165, 1.54) is 39.8 Å². The van der Waals surface area contributed by atoms with Crippen LogP contribution in [0.4, 0.5) is 17.6 Å². The molecule has 0 saturated heterocycles. The maximum atomic E-state index is 14.1. The summed E-state index contributed by atoms with van der Waals surface area (Å²) in [7, 11) is 0. The average Bonchev–Trinajstić information content (AvgIpc) is 2.97. The molecule has 0 radical (unpaired) electrons. The Hall–Kier alpha value is -3.47. The number of halogens is 4. The number of fused-ring (bicyclic) bond motifs is 3. The first-order chi connectivity index (χ1) is 16.6. The molecule has 2 aromatic carbocycles. The highest BCUT2D eigenvalue weighted by Crippen LogP contribution is 2.43. The number of nitrogens with zero attached hydrogens (tertiary/aromatic N) is 3. The summed E-state index contributed by atoms with van der Waals surface area (Å²) >= 11 is 1.40. The van der Waals surface area contributed by atoms with Crippen LogP contribution < -0.4 is 10.4 Å². The van der Waals surface area contributed by atoms with E-state index in [1.807, 2.05) is 18.2 Å². The molecule has 2 aliphatic heterocycles. The van der Waals surface area contributed by atoms with E-state index in [-0.39, 0.29) is 0 Å². The van der Waals surface area contributed by atoms with Gasteiger partial charge < -0.3 is 10.0 Å². The second-order valence-corrected chi connectivity index (χ2v) is 9.38. The van der Waals surface area contributed by atoms with Crippen molar-refractivity contribution < 1.29 is 27.5 Å². The van der Waals surface area contributed by atoms with E-state index in [4.69, 9.17) is 0 Å². The molecule has 35 heavy (non-hydrogen) atoms. The number of aromatic nitrogens is 1. The lowest BCUT2D eigenvalue weighted by molar-refractivity contribution is -0.173. The number of aromatic hydroxyl groups is 1. The predicted molar refractivity (Wildman–Crippen MR) is 121 cm³/mol. The van der Waals surface area contributed by atoms with Crippen molar-refractivity contribution in [2.75, 3.05) is 11.7 Å². The summed E-state index contributed by atoms with van der Waals surface area (Å²) in [5, 5.41) is 12.0. The third-order valence-corrected chi connectivity index (χ3v) is 7.45. The first kappa shape index (κ1) is 23.3. The number of alkyl halides is 3. The van der Waals surface area contributed by atoms with Crippen LogP contribution in [0.1, 0.15) is 40.1 Å². The number of thioether (sulfide) groups is 1. The lowest BCUT2D eigenvalue weighted by atomic mass is 9.94. The van der Waals surface area contributed by atoms with Crippen LogP contribution in [-0.2, 0) is 5.75 Å². The molecule has 0 bridgehead atoms. The highest BCUT2D eigenvalue weighted by molar-refractivity contribution is 7.98. The highest BCUT2D eigenvalue weighted by atomic mass is 32.2. The van der Waals surface area contributed by atoms with Crippen LogP contribution in [0.3, 0.4) is 0 Å². The summed E-state index contributed by atoms with van der Waals surface area (Å²) in [5.74, 6) is -2.00. The van der Waals surface area contributed by atoms with Crippen LogP contribution in [0, 0.1) is 5.82 Å². The van der Waals surface area contributed by atoms with Crippen molar-refractivity contribution in [3.8, 4) is 5.75 Å². The number of hydrogen-bond donors (Lipinski definition) is 1. The third-order valence-electron chi connectivity index (χ3n) is 6.33. The zero-order valence-corrected chi connectivity index (χ0v) is 19.1. The van der Waals surface area contributed by atoms with Gasteiger partial charge in [0.2, 0.25) is 5.43 Å². The van der Waals surface area contributed by atoms with Crippen molar-refractivity contribution >= 4 is 17.7 Å². The van der Waals surface area contributed by atoms with Crippen molar-refractivity contribution in [2.24, 2.45) is 0 Å². The van der Waals surface area contributed by atoms with Crippen molar-refractivity contribution in [3.05, 3.63) is 93.2 Å².